The number of hydrogen-bond donors (Lipinski definition) is 1. The summed E-state index contributed by atoms with van der Waals surface area (Å²) in [5, 5.41) is 1.36. The van der Waals surface area contributed by atoms with Crippen molar-refractivity contribution in [2.24, 2.45) is 12.8 Å². The van der Waals surface area contributed by atoms with E-state index in [1.807, 2.05) is 0 Å². The summed E-state index contributed by atoms with van der Waals surface area (Å²) in [7, 11) is 2.15. The minimum absolute atomic E-state index is 0.530. The molecule has 0 amide bonds. The zero-order valence-corrected chi connectivity index (χ0v) is 10.3. The van der Waals surface area contributed by atoms with Crippen molar-refractivity contribution in [1.82, 2.24) is 4.57 Å². The predicted octanol–water partition coefficient (Wildman–Crippen LogP) is 2.94. The molecule has 0 aliphatic carbocycles. The lowest BCUT2D eigenvalue weighted by Crippen LogP contribution is -2.08. The Morgan fingerprint density at radius 1 is 1.31 bits per heavy atom. The van der Waals surface area contributed by atoms with E-state index in [1.165, 1.54) is 22.2 Å². The van der Waals surface area contributed by atoms with Crippen molar-refractivity contribution in [2.75, 3.05) is 6.54 Å². The summed E-state index contributed by atoms with van der Waals surface area (Å²) in [5.41, 5.74) is 9.80. The molecule has 1 aromatic heterocycles. The maximum Gasteiger partial charge on any atom is 0.0482 e. The van der Waals surface area contributed by atoms with Gasteiger partial charge in [-0.15, -0.1) is 0 Å². The van der Waals surface area contributed by atoms with Crippen LogP contribution < -0.4 is 5.73 Å². The highest BCUT2D eigenvalue weighted by atomic mass is 15.0. The summed E-state index contributed by atoms with van der Waals surface area (Å²) in [4.78, 5) is 0. The van der Waals surface area contributed by atoms with Crippen LogP contribution in [0.1, 0.15) is 30.5 Å². The Bertz CT molecular complexity index is 458. The molecule has 86 valence electrons. The molecule has 2 rings (SSSR count). The van der Waals surface area contributed by atoms with Crippen molar-refractivity contribution in [3.63, 3.8) is 0 Å². The minimum atomic E-state index is 0.530. The third-order valence-electron chi connectivity index (χ3n) is 3.48. The number of nitrogens with zero attached hydrogens (tertiary/aromatic N) is 1. The minimum Gasteiger partial charge on any atom is -0.347 e. The van der Waals surface area contributed by atoms with Gasteiger partial charge >= 0.3 is 0 Å². The second kappa shape index (κ2) is 4.30. The number of para-hydroxylation sites is 1. The summed E-state index contributed by atoms with van der Waals surface area (Å²) in [5.74, 6) is 0.530. The number of aryl methyl sites for hydroxylation is 2. The molecule has 1 atom stereocenters. The molecular weight excluding hydrogens is 196 g/mol. The standard InChI is InChI=1S/C14H20N2/c1-10(8-9-15)14-11(2)12-6-4-5-7-13(12)16(14)3/h4-7,10H,8-9,15H2,1-3H3. The molecule has 0 bridgehead atoms. The fraction of sp³-hybridized carbons (Fsp3) is 0.429. The van der Waals surface area contributed by atoms with Crippen molar-refractivity contribution >= 4 is 10.9 Å². The lowest BCUT2D eigenvalue weighted by atomic mass is 10.00. The summed E-state index contributed by atoms with van der Waals surface area (Å²) in [6.07, 6.45) is 1.05. The molecule has 2 heteroatoms. The Morgan fingerprint density at radius 2 is 2.00 bits per heavy atom. The average Bonchev–Trinajstić information content (AvgIpc) is 2.53. The Kier molecular flexibility index (Phi) is 3.01. The first-order valence-corrected chi connectivity index (χ1v) is 5.90. The van der Waals surface area contributed by atoms with Gasteiger partial charge in [0.15, 0.2) is 0 Å². The first-order valence-electron chi connectivity index (χ1n) is 5.90. The fourth-order valence-corrected chi connectivity index (χ4v) is 2.69. The molecule has 16 heavy (non-hydrogen) atoms. The highest BCUT2D eigenvalue weighted by molar-refractivity contribution is 5.85. The fourth-order valence-electron chi connectivity index (χ4n) is 2.69. The van der Waals surface area contributed by atoms with Crippen LogP contribution in [0.3, 0.4) is 0 Å². The van der Waals surface area contributed by atoms with Gasteiger partial charge in [-0.1, -0.05) is 25.1 Å². The highest BCUT2D eigenvalue weighted by Gasteiger charge is 2.15. The molecular formula is C14H20N2. The second-order valence-corrected chi connectivity index (χ2v) is 4.56. The Hall–Kier alpha value is -1.28. The number of nitrogens with two attached hydrogens (primary N) is 1. The van der Waals surface area contributed by atoms with Crippen molar-refractivity contribution in [3.05, 3.63) is 35.5 Å². The smallest absolute Gasteiger partial charge is 0.0482 e. The van der Waals surface area contributed by atoms with Gasteiger partial charge in [-0.05, 0) is 37.4 Å². The first kappa shape index (κ1) is 11.2. The van der Waals surface area contributed by atoms with Crippen molar-refractivity contribution in [3.8, 4) is 0 Å². The van der Waals surface area contributed by atoms with Gasteiger partial charge in [0, 0.05) is 23.6 Å². The van der Waals surface area contributed by atoms with E-state index in [-0.39, 0.29) is 0 Å². The normalized spacial score (nSPS) is 13.2. The van der Waals surface area contributed by atoms with Crippen LogP contribution in [0.25, 0.3) is 10.9 Å². The van der Waals surface area contributed by atoms with E-state index < -0.39 is 0 Å². The van der Waals surface area contributed by atoms with E-state index in [9.17, 15) is 0 Å². The van der Waals surface area contributed by atoms with E-state index in [0.717, 1.165) is 13.0 Å². The van der Waals surface area contributed by atoms with Crippen LogP contribution in [-0.2, 0) is 7.05 Å². The molecule has 0 saturated heterocycles. The lowest BCUT2D eigenvalue weighted by molar-refractivity contribution is 0.640. The number of benzene rings is 1. The van der Waals surface area contributed by atoms with E-state index >= 15 is 0 Å². The molecule has 0 aliphatic rings. The number of hydrogen-bond acceptors (Lipinski definition) is 1. The molecule has 0 saturated carbocycles. The molecule has 1 aromatic carbocycles. The SMILES string of the molecule is Cc1c(C(C)CCN)n(C)c2ccccc12. The van der Waals surface area contributed by atoms with E-state index in [1.54, 1.807) is 0 Å². The van der Waals surface area contributed by atoms with Crippen molar-refractivity contribution < 1.29 is 0 Å². The summed E-state index contributed by atoms with van der Waals surface area (Å²) in [6.45, 7) is 5.22. The Balaban J connectivity index is 2.61. The van der Waals surface area contributed by atoms with Gasteiger partial charge in [-0.25, -0.2) is 0 Å². The summed E-state index contributed by atoms with van der Waals surface area (Å²) < 4.78 is 2.31. The zero-order chi connectivity index (χ0) is 11.7. The van der Waals surface area contributed by atoms with Crippen LogP contribution in [0.5, 0.6) is 0 Å². The van der Waals surface area contributed by atoms with E-state index in [2.05, 4.69) is 49.7 Å². The van der Waals surface area contributed by atoms with E-state index in [4.69, 9.17) is 5.73 Å². The van der Waals surface area contributed by atoms with Crippen molar-refractivity contribution in [1.29, 1.82) is 0 Å². The number of fused-ring (bicyclic) bond motifs is 1. The number of aromatic nitrogens is 1. The third-order valence-corrected chi connectivity index (χ3v) is 3.48. The quantitative estimate of drug-likeness (QED) is 0.840. The van der Waals surface area contributed by atoms with Crippen LogP contribution in [-0.4, -0.2) is 11.1 Å². The monoisotopic (exact) mass is 216 g/mol. The van der Waals surface area contributed by atoms with Crippen LogP contribution >= 0.6 is 0 Å². The third kappa shape index (κ3) is 1.63. The van der Waals surface area contributed by atoms with Gasteiger partial charge in [0.1, 0.15) is 0 Å². The van der Waals surface area contributed by atoms with Gasteiger partial charge < -0.3 is 10.3 Å². The first-order chi connectivity index (χ1) is 7.66. The Morgan fingerprint density at radius 3 is 2.62 bits per heavy atom. The second-order valence-electron chi connectivity index (χ2n) is 4.56. The molecule has 0 fully saturated rings. The molecule has 2 N–H and O–H groups in total. The maximum absolute atomic E-state index is 5.65. The predicted molar refractivity (Wildman–Crippen MR) is 69.7 cm³/mol. The summed E-state index contributed by atoms with van der Waals surface area (Å²) >= 11 is 0. The molecule has 0 spiro atoms. The van der Waals surface area contributed by atoms with Gasteiger partial charge in [0.2, 0.25) is 0 Å². The number of rotatable bonds is 3. The molecule has 2 nitrogen and oxygen atoms in total. The van der Waals surface area contributed by atoms with Crippen LogP contribution in [0.2, 0.25) is 0 Å². The zero-order valence-electron chi connectivity index (χ0n) is 10.3. The molecule has 0 aliphatic heterocycles. The molecule has 1 heterocycles. The topological polar surface area (TPSA) is 30.9 Å². The van der Waals surface area contributed by atoms with Crippen LogP contribution in [0, 0.1) is 6.92 Å². The van der Waals surface area contributed by atoms with Gasteiger partial charge in [0.05, 0.1) is 0 Å². The average molecular weight is 216 g/mol. The van der Waals surface area contributed by atoms with Gasteiger partial charge in [-0.3, -0.25) is 0 Å². The van der Waals surface area contributed by atoms with E-state index in [0.29, 0.717) is 5.92 Å². The van der Waals surface area contributed by atoms with Crippen LogP contribution in [0.4, 0.5) is 0 Å². The molecule has 2 aromatic rings. The molecule has 1 unspecified atom stereocenters. The van der Waals surface area contributed by atoms with Crippen molar-refractivity contribution in [2.45, 2.75) is 26.2 Å². The summed E-state index contributed by atoms with van der Waals surface area (Å²) in [6, 6.07) is 8.58. The maximum atomic E-state index is 5.65. The Labute approximate surface area is 97.1 Å². The highest BCUT2D eigenvalue weighted by Crippen LogP contribution is 2.30. The van der Waals surface area contributed by atoms with Gasteiger partial charge in [0.25, 0.3) is 0 Å². The van der Waals surface area contributed by atoms with Crippen LogP contribution in [0.15, 0.2) is 24.3 Å². The lowest BCUT2D eigenvalue weighted by Gasteiger charge is -2.13. The molecule has 0 radical (unpaired) electrons. The van der Waals surface area contributed by atoms with Gasteiger partial charge in [-0.2, -0.15) is 0 Å². The largest absolute Gasteiger partial charge is 0.347 e.